The van der Waals surface area contributed by atoms with Crippen LogP contribution in [0.1, 0.15) is 0 Å². The van der Waals surface area contributed by atoms with E-state index >= 15 is 0 Å². The quantitative estimate of drug-likeness (QED) is 0.180. The number of pyridine rings is 1. The number of para-hydroxylation sites is 3. The number of furan rings is 2. The van der Waals surface area contributed by atoms with E-state index in [1.54, 1.807) is 0 Å². The minimum Gasteiger partial charge on any atom is -0.455 e. The molecule has 0 spiro atoms. The molecule has 0 fully saturated rings. The van der Waals surface area contributed by atoms with Gasteiger partial charge in [0.15, 0.2) is 11.4 Å². The van der Waals surface area contributed by atoms with Gasteiger partial charge in [0.05, 0.1) is 22.6 Å². The van der Waals surface area contributed by atoms with E-state index in [1.807, 2.05) is 48.5 Å². The van der Waals surface area contributed by atoms with Crippen molar-refractivity contribution in [2.24, 2.45) is 0 Å². The predicted octanol–water partition coefficient (Wildman–Crippen LogP) is 13.2. The van der Waals surface area contributed by atoms with E-state index in [0.29, 0.717) is 5.82 Å². The summed E-state index contributed by atoms with van der Waals surface area (Å²) in [5.41, 5.74) is 12.7. The fourth-order valence-corrected chi connectivity index (χ4v) is 7.72. The van der Waals surface area contributed by atoms with Crippen LogP contribution in [-0.2, 0) is 0 Å². The molecule has 0 atom stereocenters. The molecular formula is C49H29N3O2. The lowest BCUT2D eigenvalue weighted by Gasteiger charge is -2.11. The van der Waals surface area contributed by atoms with E-state index in [2.05, 4.69) is 127 Å². The van der Waals surface area contributed by atoms with Crippen LogP contribution in [0.5, 0.6) is 0 Å². The number of hydrogen-bond donors (Lipinski definition) is 0. The lowest BCUT2D eigenvalue weighted by molar-refractivity contribution is 0.670. The van der Waals surface area contributed by atoms with Gasteiger partial charge in [0, 0.05) is 49.2 Å². The lowest BCUT2D eigenvalue weighted by atomic mass is 10.00. The van der Waals surface area contributed by atoms with E-state index in [-0.39, 0.29) is 0 Å². The van der Waals surface area contributed by atoms with Crippen LogP contribution >= 0.6 is 0 Å². The van der Waals surface area contributed by atoms with Gasteiger partial charge in [-0.15, -0.1) is 0 Å². The van der Waals surface area contributed by atoms with Crippen LogP contribution in [0.2, 0.25) is 0 Å². The Morgan fingerprint density at radius 3 is 1.57 bits per heavy atom. The molecule has 0 aliphatic heterocycles. The number of rotatable bonds is 5. The van der Waals surface area contributed by atoms with Crippen molar-refractivity contribution >= 4 is 54.8 Å². The number of nitrogens with zero attached hydrogens (tertiary/aromatic N) is 3. The Balaban J connectivity index is 1.07. The maximum Gasteiger partial charge on any atom is 0.164 e. The summed E-state index contributed by atoms with van der Waals surface area (Å²) < 4.78 is 13.1. The predicted molar refractivity (Wildman–Crippen MR) is 219 cm³/mol. The minimum absolute atomic E-state index is 0.603. The minimum atomic E-state index is 0.603. The summed E-state index contributed by atoms with van der Waals surface area (Å²) in [6.07, 6.45) is 0. The van der Waals surface area contributed by atoms with Gasteiger partial charge in [0.1, 0.15) is 22.3 Å². The average Bonchev–Trinajstić information content (AvgIpc) is 3.83. The van der Waals surface area contributed by atoms with Crippen molar-refractivity contribution in [1.82, 2.24) is 15.0 Å². The topological polar surface area (TPSA) is 65.0 Å². The second-order valence-corrected chi connectivity index (χ2v) is 13.5. The largest absolute Gasteiger partial charge is 0.455 e. The molecule has 0 saturated heterocycles. The Hall–Kier alpha value is -7.37. The summed E-state index contributed by atoms with van der Waals surface area (Å²) in [6.45, 7) is 0. The van der Waals surface area contributed by atoms with E-state index in [1.165, 1.54) is 0 Å². The van der Waals surface area contributed by atoms with Crippen molar-refractivity contribution in [3.05, 3.63) is 176 Å². The molecule has 0 bridgehead atoms. The fourth-order valence-electron chi connectivity index (χ4n) is 7.72. The molecule has 5 heteroatoms. The Morgan fingerprint density at radius 2 is 0.852 bits per heavy atom. The molecule has 4 aromatic heterocycles. The van der Waals surface area contributed by atoms with E-state index in [4.69, 9.17) is 23.8 Å². The first-order valence-corrected chi connectivity index (χ1v) is 18.0. The molecule has 0 radical (unpaired) electrons. The van der Waals surface area contributed by atoms with Crippen molar-refractivity contribution in [1.29, 1.82) is 0 Å². The monoisotopic (exact) mass is 691 g/mol. The Bertz CT molecular complexity index is 3200. The Kier molecular flexibility index (Phi) is 6.79. The molecule has 5 nitrogen and oxygen atoms in total. The van der Waals surface area contributed by atoms with Gasteiger partial charge in [-0.1, -0.05) is 152 Å². The molecule has 252 valence electrons. The van der Waals surface area contributed by atoms with Crippen LogP contribution in [0.3, 0.4) is 0 Å². The van der Waals surface area contributed by atoms with Crippen LogP contribution in [0, 0.1) is 0 Å². The van der Waals surface area contributed by atoms with Crippen LogP contribution in [-0.4, -0.2) is 15.0 Å². The van der Waals surface area contributed by atoms with Gasteiger partial charge < -0.3 is 8.83 Å². The third-order valence-corrected chi connectivity index (χ3v) is 10.3. The standard InChI is InChI=1S/C49H29N3O2/c1-3-13-30(14-4-1)34-20-11-21-37-38-22-12-23-40(47(38)54-46(34)37)49-50-41(31-15-5-2-6-16-31)29-42(51-49)32-25-27-33(28-26-32)44-35-17-7-8-18-36(35)48-45(52-44)39-19-9-10-24-43(39)53-48/h1-29H. The highest BCUT2D eigenvalue weighted by molar-refractivity contribution is 6.16. The molecule has 11 rings (SSSR count). The molecule has 0 aliphatic rings. The number of fused-ring (bicyclic) bond motifs is 8. The van der Waals surface area contributed by atoms with Gasteiger partial charge in [-0.25, -0.2) is 15.0 Å². The Labute approximate surface area is 309 Å². The maximum absolute atomic E-state index is 6.77. The number of hydrogen-bond acceptors (Lipinski definition) is 5. The second-order valence-electron chi connectivity index (χ2n) is 13.5. The summed E-state index contributed by atoms with van der Waals surface area (Å²) in [6, 6.07) is 60.2. The summed E-state index contributed by atoms with van der Waals surface area (Å²) in [7, 11) is 0. The maximum atomic E-state index is 6.77. The molecule has 0 amide bonds. The van der Waals surface area contributed by atoms with Gasteiger partial charge >= 0.3 is 0 Å². The third kappa shape index (κ3) is 4.83. The lowest BCUT2D eigenvalue weighted by Crippen LogP contribution is -1.96. The molecule has 7 aromatic carbocycles. The normalized spacial score (nSPS) is 11.7. The first-order valence-electron chi connectivity index (χ1n) is 18.0. The first-order chi connectivity index (χ1) is 26.8. The summed E-state index contributed by atoms with van der Waals surface area (Å²) in [4.78, 5) is 15.6. The van der Waals surface area contributed by atoms with Gasteiger partial charge in [0.2, 0.25) is 0 Å². The zero-order chi connectivity index (χ0) is 35.6. The SMILES string of the molecule is c1ccc(-c2cc(-c3ccc(-c4nc5c6ccccc6oc5c5ccccc45)cc3)nc(-c3cccc4c3oc3c(-c5ccccc5)cccc34)n2)cc1. The fraction of sp³-hybridized carbons (Fsp3) is 0. The Morgan fingerprint density at radius 1 is 0.333 bits per heavy atom. The van der Waals surface area contributed by atoms with Crippen molar-refractivity contribution < 1.29 is 8.83 Å². The third-order valence-electron chi connectivity index (χ3n) is 10.3. The van der Waals surface area contributed by atoms with Crippen molar-refractivity contribution in [2.45, 2.75) is 0 Å². The first kappa shape index (κ1) is 30.3. The van der Waals surface area contributed by atoms with E-state index < -0.39 is 0 Å². The zero-order valence-electron chi connectivity index (χ0n) is 28.9. The smallest absolute Gasteiger partial charge is 0.164 e. The van der Waals surface area contributed by atoms with Crippen LogP contribution in [0.15, 0.2) is 185 Å². The molecule has 11 aromatic rings. The van der Waals surface area contributed by atoms with E-state index in [9.17, 15) is 0 Å². The molecular weight excluding hydrogens is 663 g/mol. The van der Waals surface area contributed by atoms with Crippen molar-refractivity contribution in [3.8, 4) is 56.3 Å². The van der Waals surface area contributed by atoms with Crippen molar-refractivity contribution in [2.75, 3.05) is 0 Å². The highest BCUT2D eigenvalue weighted by Crippen LogP contribution is 2.41. The molecule has 0 N–H and O–H groups in total. The van der Waals surface area contributed by atoms with Crippen LogP contribution in [0.4, 0.5) is 0 Å². The van der Waals surface area contributed by atoms with Crippen LogP contribution in [0.25, 0.3) is 111 Å². The zero-order valence-corrected chi connectivity index (χ0v) is 28.9. The van der Waals surface area contributed by atoms with Gasteiger partial charge in [-0.3, -0.25) is 0 Å². The van der Waals surface area contributed by atoms with E-state index in [0.717, 1.165) is 105 Å². The summed E-state index contributed by atoms with van der Waals surface area (Å²) >= 11 is 0. The summed E-state index contributed by atoms with van der Waals surface area (Å²) in [5.74, 6) is 0.603. The number of aromatic nitrogens is 3. The summed E-state index contributed by atoms with van der Waals surface area (Å²) in [5, 5.41) is 5.19. The highest BCUT2D eigenvalue weighted by atomic mass is 16.3. The van der Waals surface area contributed by atoms with Gasteiger partial charge in [-0.05, 0) is 29.8 Å². The molecule has 0 unspecified atom stereocenters. The van der Waals surface area contributed by atoms with Crippen LogP contribution < -0.4 is 0 Å². The number of benzene rings is 7. The molecule has 0 aliphatic carbocycles. The molecule has 54 heavy (non-hydrogen) atoms. The molecule has 4 heterocycles. The molecule has 0 saturated carbocycles. The van der Waals surface area contributed by atoms with Crippen molar-refractivity contribution in [3.63, 3.8) is 0 Å². The van der Waals surface area contributed by atoms with Gasteiger partial charge in [0.25, 0.3) is 0 Å². The second kappa shape index (κ2) is 12.1. The average molecular weight is 692 g/mol. The highest BCUT2D eigenvalue weighted by Gasteiger charge is 2.20. The van der Waals surface area contributed by atoms with Gasteiger partial charge in [-0.2, -0.15) is 0 Å².